The van der Waals surface area contributed by atoms with Crippen LogP contribution >= 0.6 is 27.3 Å². The summed E-state index contributed by atoms with van der Waals surface area (Å²) in [7, 11) is 0. The molecule has 0 fully saturated rings. The molecule has 2 aromatic carbocycles. The Kier molecular flexibility index (Phi) is 6.53. The van der Waals surface area contributed by atoms with Gasteiger partial charge in [0.25, 0.3) is 5.91 Å². The number of hydrogen-bond donors (Lipinski definition) is 1. The van der Waals surface area contributed by atoms with Gasteiger partial charge in [0.05, 0.1) is 23.3 Å². The fourth-order valence-corrected chi connectivity index (χ4v) is 4.29. The van der Waals surface area contributed by atoms with Gasteiger partial charge in [-0.2, -0.15) is 5.10 Å². The van der Waals surface area contributed by atoms with E-state index in [9.17, 15) is 4.79 Å². The summed E-state index contributed by atoms with van der Waals surface area (Å²) in [5.41, 5.74) is 4.99. The number of aryl methyl sites for hydroxylation is 2. The zero-order chi connectivity index (χ0) is 21.8. The minimum atomic E-state index is -0.147. The highest BCUT2D eigenvalue weighted by Crippen LogP contribution is 2.25. The second kappa shape index (κ2) is 9.49. The Balaban J connectivity index is 1.35. The average Bonchev–Trinajstić information content (AvgIpc) is 3.39. The summed E-state index contributed by atoms with van der Waals surface area (Å²) in [6.07, 6.45) is 3.49. The second-order valence-electron chi connectivity index (χ2n) is 7.34. The molecule has 5 nitrogen and oxygen atoms in total. The van der Waals surface area contributed by atoms with Crippen molar-refractivity contribution in [3.63, 3.8) is 0 Å². The molecule has 0 saturated carbocycles. The molecule has 158 valence electrons. The zero-order valence-corrected chi connectivity index (χ0v) is 19.7. The van der Waals surface area contributed by atoms with Crippen LogP contribution in [0.3, 0.4) is 0 Å². The van der Waals surface area contributed by atoms with Crippen molar-refractivity contribution in [3.8, 4) is 5.75 Å². The first kappa shape index (κ1) is 21.3. The van der Waals surface area contributed by atoms with Gasteiger partial charge >= 0.3 is 0 Å². The van der Waals surface area contributed by atoms with Gasteiger partial charge in [0, 0.05) is 16.2 Å². The SMILES string of the molecule is Cc1cccc(C)c1OCc1csc(C(=O)Nc2cnn(Cc3ccc(Br)cc3)c2)c1. The maximum absolute atomic E-state index is 12.6. The lowest BCUT2D eigenvalue weighted by molar-refractivity contribution is 0.103. The van der Waals surface area contributed by atoms with Crippen molar-refractivity contribution >= 4 is 38.9 Å². The van der Waals surface area contributed by atoms with E-state index in [0.29, 0.717) is 23.7 Å². The van der Waals surface area contributed by atoms with Crippen molar-refractivity contribution in [2.75, 3.05) is 5.32 Å². The maximum atomic E-state index is 12.6. The molecule has 4 rings (SSSR count). The van der Waals surface area contributed by atoms with Crippen LogP contribution in [0.15, 0.2) is 70.8 Å². The lowest BCUT2D eigenvalue weighted by Crippen LogP contribution is -2.09. The Hall–Kier alpha value is -2.90. The van der Waals surface area contributed by atoms with Gasteiger partial charge in [0.2, 0.25) is 0 Å². The van der Waals surface area contributed by atoms with Gasteiger partial charge < -0.3 is 10.1 Å². The number of nitrogens with one attached hydrogen (secondary N) is 1. The Morgan fingerprint density at radius 3 is 2.61 bits per heavy atom. The quantitative estimate of drug-likeness (QED) is 0.331. The number of anilines is 1. The third-order valence-corrected chi connectivity index (χ3v) is 6.32. The number of halogens is 1. The first-order chi connectivity index (χ1) is 15.0. The van der Waals surface area contributed by atoms with Gasteiger partial charge in [-0.1, -0.05) is 46.3 Å². The summed E-state index contributed by atoms with van der Waals surface area (Å²) < 4.78 is 8.83. The van der Waals surface area contributed by atoms with Crippen molar-refractivity contribution in [1.29, 1.82) is 0 Å². The lowest BCUT2D eigenvalue weighted by Gasteiger charge is -2.10. The Labute approximate surface area is 193 Å². The van der Waals surface area contributed by atoms with E-state index in [1.165, 1.54) is 11.3 Å². The molecule has 31 heavy (non-hydrogen) atoms. The maximum Gasteiger partial charge on any atom is 0.265 e. The van der Waals surface area contributed by atoms with E-state index in [4.69, 9.17) is 4.74 Å². The number of amides is 1. The minimum absolute atomic E-state index is 0.147. The van der Waals surface area contributed by atoms with Gasteiger partial charge in [-0.05, 0) is 54.1 Å². The fraction of sp³-hybridized carbons (Fsp3) is 0.167. The standard InChI is InChI=1S/C24H22BrN3O2S/c1-16-4-3-5-17(2)23(16)30-14-19-10-22(31-15-19)24(29)27-21-11-26-28(13-21)12-18-6-8-20(25)9-7-18/h3-11,13,15H,12,14H2,1-2H3,(H,27,29). The molecule has 0 bridgehead atoms. The second-order valence-corrected chi connectivity index (χ2v) is 9.16. The number of carbonyl (C=O) groups excluding carboxylic acids is 1. The molecule has 2 heterocycles. The number of hydrogen-bond acceptors (Lipinski definition) is 4. The van der Waals surface area contributed by atoms with Crippen molar-refractivity contribution in [2.45, 2.75) is 27.0 Å². The normalized spacial score (nSPS) is 10.8. The molecule has 7 heteroatoms. The Morgan fingerprint density at radius 1 is 1.13 bits per heavy atom. The number of aromatic nitrogens is 2. The van der Waals surface area contributed by atoms with Gasteiger partial charge in [-0.3, -0.25) is 9.48 Å². The molecule has 2 aromatic heterocycles. The van der Waals surface area contributed by atoms with E-state index in [-0.39, 0.29) is 5.91 Å². The van der Waals surface area contributed by atoms with Crippen molar-refractivity contribution in [1.82, 2.24) is 9.78 Å². The number of carbonyl (C=O) groups is 1. The summed E-state index contributed by atoms with van der Waals surface area (Å²) in [6, 6.07) is 16.0. The number of benzene rings is 2. The fourth-order valence-electron chi connectivity index (χ4n) is 3.24. The molecule has 1 N–H and O–H groups in total. The minimum Gasteiger partial charge on any atom is -0.488 e. The zero-order valence-electron chi connectivity index (χ0n) is 17.3. The molecular formula is C24H22BrN3O2S. The predicted molar refractivity (Wildman–Crippen MR) is 128 cm³/mol. The summed E-state index contributed by atoms with van der Waals surface area (Å²) in [4.78, 5) is 13.3. The molecule has 4 aromatic rings. The molecule has 0 radical (unpaired) electrons. The molecular weight excluding hydrogens is 474 g/mol. The van der Waals surface area contributed by atoms with E-state index in [2.05, 4.69) is 26.3 Å². The van der Waals surface area contributed by atoms with E-state index >= 15 is 0 Å². The third kappa shape index (κ3) is 5.42. The van der Waals surface area contributed by atoms with Crippen LogP contribution in [0.1, 0.15) is 31.9 Å². The van der Waals surface area contributed by atoms with Crippen LogP contribution in [-0.2, 0) is 13.2 Å². The summed E-state index contributed by atoms with van der Waals surface area (Å²) in [5.74, 6) is 0.754. The van der Waals surface area contributed by atoms with Crippen molar-refractivity contribution in [2.24, 2.45) is 0 Å². The number of rotatable bonds is 7. The number of para-hydroxylation sites is 1. The highest BCUT2D eigenvalue weighted by atomic mass is 79.9. The van der Waals surface area contributed by atoms with Crippen molar-refractivity contribution < 1.29 is 9.53 Å². The number of thiophene rings is 1. The predicted octanol–water partition coefficient (Wildman–Crippen LogP) is 6.20. The largest absolute Gasteiger partial charge is 0.488 e. The first-order valence-electron chi connectivity index (χ1n) is 9.82. The lowest BCUT2D eigenvalue weighted by atomic mass is 10.1. The van der Waals surface area contributed by atoms with E-state index in [1.807, 2.05) is 74.0 Å². The van der Waals surface area contributed by atoms with Crippen LogP contribution in [0, 0.1) is 13.8 Å². The molecule has 0 atom stereocenters. The summed E-state index contributed by atoms with van der Waals surface area (Å²) in [6.45, 7) is 5.14. The van der Waals surface area contributed by atoms with Gasteiger partial charge in [0.1, 0.15) is 12.4 Å². The van der Waals surface area contributed by atoms with Crippen LogP contribution in [0.2, 0.25) is 0 Å². The van der Waals surface area contributed by atoms with E-state index in [0.717, 1.165) is 32.5 Å². The topological polar surface area (TPSA) is 56.1 Å². The summed E-state index contributed by atoms with van der Waals surface area (Å²) >= 11 is 4.84. The Morgan fingerprint density at radius 2 is 1.87 bits per heavy atom. The number of nitrogens with zero attached hydrogens (tertiary/aromatic N) is 2. The monoisotopic (exact) mass is 495 g/mol. The van der Waals surface area contributed by atoms with E-state index in [1.54, 1.807) is 10.9 Å². The van der Waals surface area contributed by atoms with Crippen LogP contribution in [-0.4, -0.2) is 15.7 Å². The summed E-state index contributed by atoms with van der Waals surface area (Å²) in [5, 5.41) is 9.22. The van der Waals surface area contributed by atoms with Crippen LogP contribution in [0.25, 0.3) is 0 Å². The highest BCUT2D eigenvalue weighted by molar-refractivity contribution is 9.10. The highest BCUT2D eigenvalue weighted by Gasteiger charge is 2.12. The molecule has 0 aliphatic rings. The van der Waals surface area contributed by atoms with Gasteiger partial charge in [-0.15, -0.1) is 11.3 Å². The Bertz CT molecular complexity index is 1180. The van der Waals surface area contributed by atoms with Crippen LogP contribution in [0.5, 0.6) is 5.75 Å². The average molecular weight is 496 g/mol. The smallest absolute Gasteiger partial charge is 0.265 e. The molecule has 0 aliphatic carbocycles. The first-order valence-corrected chi connectivity index (χ1v) is 11.5. The van der Waals surface area contributed by atoms with Crippen molar-refractivity contribution in [3.05, 3.63) is 97.9 Å². The molecule has 0 saturated heterocycles. The molecule has 0 aliphatic heterocycles. The van der Waals surface area contributed by atoms with Gasteiger partial charge in [-0.25, -0.2) is 0 Å². The van der Waals surface area contributed by atoms with Crippen LogP contribution in [0.4, 0.5) is 5.69 Å². The molecule has 0 unspecified atom stereocenters. The molecule has 1 amide bonds. The van der Waals surface area contributed by atoms with Crippen LogP contribution < -0.4 is 10.1 Å². The third-order valence-electron chi connectivity index (χ3n) is 4.82. The van der Waals surface area contributed by atoms with E-state index < -0.39 is 0 Å². The van der Waals surface area contributed by atoms with Gasteiger partial charge in [0.15, 0.2) is 0 Å². The number of ether oxygens (including phenoxy) is 1. The molecule has 0 spiro atoms.